The molecule has 1 aromatic carbocycles. The summed E-state index contributed by atoms with van der Waals surface area (Å²) >= 11 is 0. The van der Waals surface area contributed by atoms with Crippen LogP contribution in [0.2, 0.25) is 0 Å². The molecular weight excluding hydrogens is 218 g/mol. The maximum atomic E-state index is 12.1. The lowest BCUT2D eigenvalue weighted by Crippen LogP contribution is -2.25. The summed E-state index contributed by atoms with van der Waals surface area (Å²) < 4.78 is 2.88. The number of fused-ring (bicyclic) bond motifs is 3. The smallest absolute Gasteiger partial charge is 0.349 e. The Morgan fingerprint density at radius 3 is 2.82 bits per heavy atom. The van der Waals surface area contributed by atoms with Gasteiger partial charge in [-0.25, -0.2) is 4.79 Å². The Kier molecular flexibility index (Phi) is 2.02. The zero-order chi connectivity index (χ0) is 12.0. The largest absolute Gasteiger partial charge is 0.390 e. The second-order valence-electron chi connectivity index (χ2n) is 3.95. The maximum Gasteiger partial charge on any atom is 0.349 e. The first-order valence-electron chi connectivity index (χ1n) is 5.29. The SMILES string of the molecule is Cn1c(=O)n2nc(CO)cc2c2ccccc21. The number of para-hydroxylation sites is 1. The molecule has 5 nitrogen and oxygen atoms in total. The Balaban J connectivity index is 2.63. The summed E-state index contributed by atoms with van der Waals surface area (Å²) in [6, 6.07) is 9.37. The second kappa shape index (κ2) is 3.43. The highest BCUT2D eigenvalue weighted by Gasteiger charge is 2.10. The second-order valence-corrected chi connectivity index (χ2v) is 3.95. The summed E-state index contributed by atoms with van der Waals surface area (Å²) in [6.07, 6.45) is 0. The van der Waals surface area contributed by atoms with Crippen molar-refractivity contribution < 1.29 is 5.11 Å². The van der Waals surface area contributed by atoms with Crippen molar-refractivity contribution in [2.75, 3.05) is 0 Å². The Morgan fingerprint density at radius 1 is 1.29 bits per heavy atom. The van der Waals surface area contributed by atoms with Crippen LogP contribution in [0.4, 0.5) is 0 Å². The molecule has 0 fully saturated rings. The number of aliphatic hydroxyl groups excluding tert-OH is 1. The molecule has 0 atom stereocenters. The molecule has 5 heteroatoms. The Morgan fingerprint density at radius 2 is 2.06 bits per heavy atom. The van der Waals surface area contributed by atoms with E-state index in [0.717, 1.165) is 16.4 Å². The summed E-state index contributed by atoms with van der Waals surface area (Å²) in [5.74, 6) is 0. The van der Waals surface area contributed by atoms with E-state index in [9.17, 15) is 4.79 Å². The molecule has 1 N–H and O–H groups in total. The minimum atomic E-state index is -0.210. The van der Waals surface area contributed by atoms with Crippen LogP contribution in [-0.2, 0) is 13.7 Å². The highest BCUT2D eigenvalue weighted by Crippen LogP contribution is 2.18. The fraction of sp³-hybridized carbons (Fsp3) is 0.167. The molecular formula is C12H11N3O2. The number of hydrogen-bond acceptors (Lipinski definition) is 3. The maximum absolute atomic E-state index is 12.1. The number of aryl methyl sites for hydroxylation is 1. The van der Waals surface area contributed by atoms with Gasteiger partial charge in [-0.05, 0) is 12.1 Å². The van der Waals surface area contributed by atoms with Crippen LogP contribution in [0.3, 0.4) is 0 Å². The number of aliphatic hydroxyl groups is 1. The molecule has 0 aliphatic carbocycles. The van der Waals surface area contributed by atoms with Crippen LogP contribution in [0.25, 0.3) is 16.4 Å². The molecule has 0 saturated heterocycles. The first kappa shape index (κ1) is 10.0. The van der Waals surface area contributed by atoms with Crippen molar-refractivity contribution in [2.24, 2.45) is 7.05 Å². The fourth-order valence-electron chi connectivity index (χ4n) is 2.07. The van der Waals surface area contributed by atoms with Gasteiger partial charge in [-0.1, -0.05) is 18.2 Å². The van der Waals surface area contributed by atoms with E-state index in [4.69, 9.17) is 5.11 Å². The molecule has 86 valence electrons. The van der Waals surface area contributed by atoms with E-state index in [2.05, 4.69) is 5.10 Å². The molecule has 2 heterocycles. The molecule has 3 aromatic rings. The van der Waals surface area contributed by atoms with Gasteiger partial charge in [0.25, 0.3) is 0 Å². The van der Waals surface area contributed by atoms with Crippen LogP contribution in [0.5, 0.6) is 0 Å². The summed E-state index contributed by atoms with van der Waals surface area (Å²) in [7, 11) is 1.71. The minimum absolute atomic E-state index is 0.167. The van der Waals surface area contributed by atoms with Gasteiger partial charge < -0.3 is 5.11 Å². The van der Waals surface area contributed by atoms with E-state index in [1.54, 1.807) is 17.7 Å². The summed E-state index contributed by atoms with van der Waals surface area (Å²) in [5.41, 5.74) is 1.87. The Labute approximate surface area is 96.5 Å². The van der Waals surface area contributed by atoms with Crippen molar-refractivity contribution in [3.8, 4) is 0 Å². The van der Waals surface area contributed by atoms with Gasteiger partial charge >= 0.3 is 5.69 Å². The quantitative estimate of drug-likeness (QED) is 0.667. The lowest BCUT2D eigenvalue weighted by atomic mass is 10.2. The van der Waals surface area contributed by atoms with E-state index >= 15 is 0 Å². The average Bonchev–Trinajstić information content (AvgIpc) is 2.80. The van der Waals surface area contributed by atoms with Crippen molar-refractivity contribution in [1.29, 1.82) is 0 Å². The van der Waals surface area contributed by atoms with Gasteiger partial charge in [-0.3, -0.25) is 4.57 Å². The van der Waals surface area contributed by atoms with E-state index in [-0.39, 0.29) is 12.3 Å². The van der Waals surface area contributed by atoms with Gasteiger partial charge in [0.05, 0.1) is 23.3 Å². The van der Waals surface area contributed by atoms with E-state index in [1.165, 1.54) is 4.52 Å². The van der Waals surface area contributed by atoms with E-state index in [0.29, 0.717) is 5.69 Å². The molecule has 0 bridgehead atoms. The van der Waals surface area contributed by atoms with E-state index < -0.39 is 0 Å². The Hall–Kier alpha value is -2.14. The zero-order valence-electron chi connectivity index (χ0n) is 9.29. The van der Waals surface area contributed by atoms with Gasteiger partial charge in [0.1, 0.15) is 0 Å². The van der Waals surface area contributed by atoms with Gasteiger partial charge in [-0.2, -0.15) is 9.61 Å². The predicted octanol–water partition coefficient (Wildman–Crippen LogP) is 0.678. The van der Waals surface area contributed by atoms with E-state index in [1.807, 2.05) is 24.3 Å². The number of nitrogens with zero attached hydrogens (tertiary/aromatic N) is 3. The Bertz CT molecular complexity index is 770. The topological polar surface area (TPSA) is 59.5 Å². The standard InChI is InChI=1S/C12H11N3O2/c1-14-10-5-3-2-4-9(10)11-6-8(7-16)13-15(11)12(14)17/h2-6,16H,7H2,1H3. The lowest BCUT2D eigenvalue weighted by molar-refractivity contribution is 0.276. The molecule has 0 spiro atoms. The van der Waals surface area contributed by atoms with Crippen LogP contribution in [0.15, 0.2) is 35.1 Å². The van der Waals surface area contributed by atoms with Crippen molar-refractivity contribution in [3.05, 3.63) is 46.5 Å². The predicted molar refractivity (Wildman–Crippen MR) is 63.9 cm³/mol. The monoisotopic (exact) mass is 229 g/mol. The number of benzene rings is 1. The highest BCUT2D eigenvalue weighted by atomic mass is 16.3. The van der Waals surface area contributed by atoms with Crippen LogP contribution in [0.1, 0.15) is 5.69 Å². The number of aromatic nitrogens is 3. The van der Waals surface area contributed by atoms with Crippen molar-refractivity contribution in [2.45, 2.75) is 6.61 Å². The third-order valence-electron chi connectivity index (χ3n) is 2.93. The normalized spacial score (nSPS) is 11.4. The third-order valence-corrected chi connectivity index (χ3v) is 2.93. The van der Waals surface area contributed by atoms with Crippen LogP contribution < -0.4 is 5.69 Å². The van der Waals surface area contributed by atoms with Crippen molar-refractivity contribution in [1.82, 2.24) is 14.2 Å². The highest BCUT2D eigenvalue weighted by molar-refractivity contribution is 5.93. The van der Waals surface area contributed by atoms with Crippen molar-refractivity contribution >= 4 is 16.4 Å². The van der Waals surface area contributed by atoms with Crippen molar-refractivity contribution in [3.63, 3.8) is 0 Å². The number of hydrogen-bond donors (Lipinski definition) is 1. The zero-order valence-corrected chi connectivity index (χ0v) is 9.29. The average molecular weight is 229 g/mol. The molecule has 3 rings (SSSR count). The molecule has 0 unspecified atom stereocenters. The summed E-state index contributed by atoms with van der Waals surface area (Å²) in [6.45, 7) is -0.167. The molecule has 2 aromatic heterocycles. The van der Waals surface area contributed by atoms with Gasteiger partial charge in [-0.15, -0.1) is 0 Å². The molecule has 0 saturated carbocycles. The molecule has 0 aliphatic heterocycles. The summed E-state index contributed by atoms with van der Waals surface area (Å²) in [4.78, 5) is 12.1. The third kappa shape index (κ3) is 1.29. The molecule has 17 heavy (non-hydrogen) atoms. The fourth-order valence-corrected chi connectivity index (χ4v) is 2.07. The number of rotatable bonds is 1. The minimum Gasteiger partial charge on any atom is -0.390 e. The van der Waals surface area contributed by atoms with Gasteiger partial charge in [0.2, 0.25) is 0 Å². The summed E-state index contributed by atoms with van der Waals surface area (Å²) in [5, 5.41) is 14.1. The van der Waals surface area contributed by atoms with Crippen LogP contribution in [-0.4, -0.2) is 19.3 Å². The van der Waals surface area contributed by atoms with Crippen LogP contribution >= 0.6 is 0 Å². The van der Waals surface area contributed by atoms with Gasteiger partial charge in [0.15, 0.2) is 0 Å². The molecule has 0 amide bonds. The first-order valence-corrected chi connectivity index (χ1v) is 5.29. The van der Waals surface area contributed by atoms with Gasteiger partial charge in [0, 0.05) is 12.4 Å². The molecule has 0 aliphatic rings. The first-order chi connectivity index (χ1) is 8.22. The van der Waals surface area contributed by atoms with Crippen LogP contribution in [0, 0.1) is 0 Å². The lowest BCUT2D eigenvalue weighted by Gasteiger charge is -2.05. The molecule has 0 radical (unpaired) electrons.